The summed E-state index contributed by atoms with van der Waals surface area (Å²) in [6.07, 6.45) is 68.9. The van der Waals surface area contributed by atoms with Gasteiger partial charge >= 0.3 is 23.9 Å². The quantitative estimate of drug-likeness (QED) is 0.0228. The molecule has 0 aliphatic carbocycles. The van der Waals surface area contributed by atoms with Gasteiger partial charge in [-0.05, 0) is 128 Å². The lowest BCUT2D eigenvalue weighted by atomic mass is 9.98. The van der Waals surface area contributed by atoms with Crippen molar-refractivity contribution in [3.8, 4) is 0 Å². The largest absolute Gasteiger partial charge is 0.479 e. The molecule has 0 radical (unpaired) electrons. The van der Waals surface area contributed by atoms with Crippen molar-refractivity contribution in [3.05, 3.63) is 109 Å². The zero-order chi connectivity index (χ0) is 61.7. The molecule has 1 rings (SSSR count). The van der Waals surface area contributed by atoms with Crippen molar-refractivity contribution in [2.24, 2.45) is 0 Å². The minimum absolute atomic E-state index is 0.0469. The Morgan fingerprint density at radius 3 is 1.14 bits per heavy atom. The van der Waals surface area contributed by atoms with Gasteiger partial charge in [-0.2, -0.15) is 0 Å². The third kappa shape index (κ3) is 49.1. The predicted molar refractivity (Wildman–Crippen MR) is 349 cm³/mol. The summed E-state index contributed by atoms with van der Waals surface area (Å²) in [5.74, 6) is -3.18. The van der Waals surface area contributed by atoms with Gasteiger partial charge in [-0.25, -0.2) is 4.79 Å². The van der Waals surface area contributed by atoms with Crippen LogP contribution in [0.15, 0.2) is 109 Å². The van der Waals surface area contributed by atoms with E-state index in [1.54, 1.807) is 0 Å². The number of carbonyl (C=O) groups is 4. The zero-order valence-corrected chi connectivity index (χ0v) is 53.6. The monoisotopic (exact) mass is 1190 g/mol. The van der Waals surface area contributed by atoms with Crippen LogP contribution in [0.1, 0.15) is 278 Å². The van der Waals surface area contributed by atoms with Gasteiger partial charge in [0.15, 0.2) is 24.6 Å². The van der Waals surface area contributed by atoms with Crippen LogP contribution in [0.25, 0.3) is 0 Å². The minimum Gasteiger partial charge on any atom is -0.479 e. The Balaban J connectivity index is 2.68. The molecule has 6 atom stereocenters. The van der Waals surface area contributed by atoms with Crippen LogP contribution in [-0.4, -0.2) is 89.2 Å². The molecule has 0 saturated carbocycles. The molecule has 484 valence electrons. The van der Waals surface area contributed by atoms with E-state index in [4.69, 9.17) is 23.7 Å². The molecule has 6 unspecified atom stereocenters. The van der Waals surface area contributed by atoms with Crippen molar-refractivity contribution in [2.45, 2.75) is 314 Å². The molecule has 0 aromatic heterocycles. The Morgan fingerprint density at radius 1 is 0.400 bits per heavy atom. The summed E-state index contributed by atoms with van der Waals surface area (Å²) in [4.78, 5) is 51.4. The maximum absolute atomic E-state index is 13.2. The van der Waals surface area contributed by atoms with E-state index in [0.29, 0.717) is 19.3 Å². The molecule has 85 heavy (non-hydrogen) atoms. The number of hydrogen-bond donors (Lipinski definition) is 3. The summed E-state index contributed by atoms with van der Waals surface area (Å²) >= 11 is 0. The highest BCUT2D eigenvalue weighted by molar-refractivity contribution is 5.74. The number of carbonyl (C=O) groups excluding carboxylic acids is 3. The van der Waals surface area contributed by atoms with Crippen LogP contribution < -0.4 is 0 Å². The molecule has 0 spiro atoms. The number of carboxylic acids is 1. The minimum atomic E-state index is -1.92. The fourth-order valence-corrected chi connectivity index (χ4v) is 9.63. The predicted octanol–water partition coefficient (Wildman–Crippen LogP) is 18.6. The van der Waals surface area contributed by atoms with Crippen molar-refractivity contribution in [1.82, 2.24) is 0 Å². The Kier molecular flexibility index (Phi) is 55.1. The van der Waals surface area contributed by atoms with E-state index in [1.807, 2.05) is 0 Å². The highest BCUT2D eigenvalue weighted by Crippen LogP contribution is 2.27. The van der Waals surface area contributed by atoms with Crippen LogP contribution in [0.5, 0.6) is 0 Å². The van der Waals surface area contributed by atoms with E-state index in [-0.39, 0.29) is 25.9 Å². The van der Waals surface area contributed by atoms with Crippen LogP contribution in [0.4, 0.5) is 0 Å². The first-order valence-corrected chi connectivity index (χ1v) is 33.9. The Bertz CT molecular complexity index is 1890. The molecule has 0 aromatic rings. The van der Waals surface area contributed by atoms with Crippen molar-refractivity contribution in [2.75, 3.05) is 13.2 Å². The average Bonchev–Trinajstić information content (AvgIpc) is 3.51. The molecule has 1 aliphatic heterocycles. The highest BCUT2D eigenvalue weighted by atomic mass is 16.7. The Labute approximate surface area is 516 Å². The number of aliphatic hydroxyl groups is 2. The van der Waals surface area contributed by atoms with Gasteiger partial charge in [0, 0.05) is 19.3 Å². The summed E-state index contributed by atoms with van der Waals surface area (Å²) in [6.45, 7) is 5.82. The third-order valence-electron chi connectivity index (χ3n) is 14.8. The molecule has 12 heteroatoms. The first-order valence-electron chi connectivity index (χ1n) is 33.9. The van der Waals surface area contributed by atoms with E-state index in [9.17, 15) is 34.5 Å². The molecular formula is C73H120O12. The number of allylic oxidation sites excluding steroid dienone is 18. The van der Waals surface area contributed by atoms with E-state index in [1.165, 1.54) is 70.6 Å². The number of aliphatic carboxylic acids is 1. The molecule has 3 N–H and O–H groups in total. The molecule has 1 heterocycles. The van der Waals surface area contributed by atoms with Crippen molar-refractivity contribution >= 4 is 23.9 Å². The summed E-state index contributed by atoms with van der Waals surface area (Å²) in [7, 11) is 0. The normalized spacial score (nSPS) is 18.2. The lowest BCUT2D eigenvalue weighted by Gasteiger charge is -2.40. The topological polar surface area (TPSA) is 175 Å². The number of carboxylic acid groups (broad SMARTS) is 1. The zero-order valence-electron chi connectivity index (χ0n) is 53.6. The smallest absolute Gasteiger partial charge is 0.335 e. The van der Waals surface area contributed by atoms with Crippen LogP contribution in [0, 0.1) is 0 Å². The van der Waals surface area contributed by atoms with Gasteiger partial charge < -0.3 is 39.0 Å². The van der Waals surface area contributed by atoms with Crippen LogP contribution in [-0.2, 0) is 42.9 Å². The fraction of sp³-hybridized carbons (Fsp3) is 0.699. The second kappa shape index (κ2) is 59.7. The van der Waals surface area contributed by atoms with Gasteiger partial charge in [0.05, 0.1) is 6.61 Å². The third-order valence-corrected chi connectivity index (χ3v) is 14.8. The standard InChI is InChI=1S/C73H120O12/c1-4-7-10-13-16-19-22-25-28-31-33-36-38-41-44-47-50-53-56-59-65(74)81-62-64(83-66(75)60-57-54-51-48-45-42-39-35-30-27-24-21-18-15-12-9-6-3)63-82-73-71(69(78)68(77)70(85-73)72(79)80)84-67(76)61-58-55-52-49-46-43-40-37-34-32-29-26-23-20-17-14-11-8-5-2/h7,10,16-21,25-30,33,36,41,44,64,68-71,73,77-78H,4-6,8-9,11-15,22-24,31-32,34-35,37-40,42-43,45-63H2,1-3H3,(H,79,80)/b10-7-,19-16-,20-17-,21-18-,28-25-,29-26-,30-27-,36-33-,44-41-. The van der Waals surface area contributed by atoms with Gasteiger partial charge in [-0.1, -0.05) is 239 Å². The van der Waals surface area contributed by atoms with Crippen molar-refractivity contribution in [3.63, 3.8) is 0 Å². The lowest BCUT2D eigenvalue weighted by molar-refractivity contribution is -0.301. The van der Waals surface area contributed by atoms with Crippen LogP contribution in [0.3, 0.4) is 0 Å². The highest BCUT2D eigenvalue weighted by Gasteiger charge is 2.50. The summed E-state index contributed by atoms with van der Waals surface area (Å²) in [5, 5.41) is 31.7. The van der Waals surface area contributed by atoms with Crippen LogP contribution >= 0.6 is 0 Å². The van der Waals surface area contributed by atoms with E-state index in [0.717, 1.165) is 148 Å². The second-order valence-corrected chi connectivity index (χ2v) is 22.7. The molecule has 0 amide bonds. The van der Waals surface area contributed by atoms with Crippen LogP contribution in [0.2, 0.25) is 0 Å². The molecule has 0 bridgehead atoms. The molecule has 1 saturated heterocycles. The Morgan fingerprint density at radius 2 is 0.741 bits per heavy atom. The molecule has 1 fully saturated rings. The van der Waals surface area contributed by atoms with Crippen molar-refractivity contribution in [1.29, 1.82) is 0 Å². The summed E-state index contributed by atoms with van der Waals surface area (Å²) < 4.78 is 28.5. The molecule has 1 aliphatic rings. The lowest BCUT2D eigenvalue weighted by Crippen LogP contribution is -2.61. The average molecular weight is 1190 g/mol. The maximum Gasteiger partial charge on any atom is 0.335 e. The number of hydrogen-bond acceptors (Lipinski definition) is 11. The van der Waals surface area contributed by atoms with E-state index < -0.39 is 67.3 Å². The number of ether oxygens (including phenoxy) is 5. The second-order valence-electron chi connectivity index (χ2n) is 22.7. The first-order chi connectivity index (χ1) is 41.6. The SMILES string of the molecule is CC/C=C\C/C=C\C/C=C\C/C=C\C/C=C\CCCCCC(=O)OCC(COC1OC(C(=O)O)C(O)C(O)C1OC(=O)CCCCCCCCCCC/C=C\C/C=C\CCCCC)OC(=O)CCCCCCCCC/C=C\C/C=C\CCCCC. The van der Waals surface area contributed by atoms with Gasteiger partial charge in [0.25, 0.3) is 0 Å². The summed E-state index contributed by atoms with van der Waals surface area (Å²) in [6, 6.07) is 0. The number of aliphatic hydroxyl groups excluding tert-OH is 2. The number of rotatable bonds is 57. The Hall–Kier alpha value is -4.62. The molecular weight excluding hydrogens is 1070 g/mol. The number of esters is 3. The van der Waals surface area contributed by atoms with E-state index >= 15 is 0 Å². The van der Waals surface area contributed by atoms with Gasteiger partial charge in [0.2, 0.25) is 0 Å². The fourth-order valence-electron chi connectivity index (χ4n) is 9.63. The maximum atomic E-state index is 13.2. The molecule has 12 nitrogen and oxygen atoms in total. The van der Waals surface area contributed by atoms with Gasteiger partial charge in [-0.3, -0.25) is 14.4 Å². The van der Waals surface area contributed by atoms with Gasteiger partial charge in [0.1, 0.15) is 18.8 Å². The molecule has 0 aromatic carbocycles. The van der Waals surface area contributed by atoms with Gasteiger partial charge in [-0.15, -0.1) is 0 Å². The number of unbranched alkanes of at least 4 members (excludes halogenated alkanes) is 25. The first kappa shape index (κ1) is 78.4. The van der Waals surface area contributed by atoms with Crippen molar-refractivity contribution < 1.29 is 58.2 Å². The summed E-state index contributed by atoms with van der Waals surface area (Å²) in [5.41, 5.74) is 0. The van der Waals surface area contributed by atoms with E-state index in [2.05, 4.69) is 130 Å².